The number of hydrogen-bond acceptors (Lipinski definition) is 6. The average Bonchev–Trinajstić information content (AvgIpc) is 3.96. The monoisotopic (exact) mass is 715 g/mol. The van der Waals surface area contributed by atoms with Crippen LogP contribution in [0.25, 0.3) is 101 Å². The third-order valence-electron chi connectivity index (χ3n) is 10.5. The Morgan fingerprint density at radius 2 is 1.07 bits per heavy atom. The molecule has 7 aromatic carbocycles. The molecule has 0 amide bonds. The number of furan rings is 1. The number of nitrogens with zero attached hydrogens (tertiary/aromatic N) is 4. The predicted octanol–water partition coefficient (Wildman–Crippen LogP) is 12.6. The Morgan fingerprint density at radius 1 is 0.491 bits per heavy atom. The summed E-state index contributed by atoms with van der Waals surface area (Å²) in [6.45, 7) is -6.01. The Morgan fingerprint density at radius 3 is 1.73 bits per heavy atom. The Balaban J connectivity index is 1.06. The van der Waals surface area contributed by atoms with Gasteiger partial charge in [0.05, 0.1) is 0 Å². The fraction of sp³-hybridized carbons (Fsp3) is 0.0612. The summed E-state index contributed by atoms with van der Waals surface area (Å²) in [5.41, 5.74) is 5.75. The maximum Gasteiger partial charge on any atom is 0.182 e. The summed E-state index contributed by atoms with van der Waals surface area (Å²) in [4.78, 5) is 18.9. The van der Waals surface area contributed by atoms with Crippen molar-refractivity contribution < 1.29 is 18.4 Å². The number of fused-ring (bicyclic) bond motifs is 8. The summed E-state index contributed by atoms with van der Waals surface area (Å²) in [7, 11) is 0. The topological polar surface area (TPSA) is 77.8 Å². The van der Waals surface area contributed by atoms with Crippen molar-refractivity contribution in [3.05, 3.63) is 169 Å². The van der Waals surface area contributed by atoms with Crippen molar-refractivity contribution in [2.24, 2.45) is 0 Å². The zero-order valence-electron chi connectivity index (χ0n) is 36.0. The summed E-state index contributed by atoms with van der Waals surface area (Å²) < 4.78 is 73.5. The van der Waals surface area contributed by atoms with Crippen LogP contribution in [0.3, 0.4) is 0 Å². The molecule has 0 fully saturated rings. The Kier molecular flexibility index (Phi) is 5.41. The Labute approximate surface area is 326 Å². The van der Waals surface area contributed by atoms with Gasteiger partial charge in [-0.1, -0.05) is 147 Å². The molecule has 0 bridgehead atoms. The normalized spacial score (nSPS) is 15.4. The minimum Gasteiger partial charge on any atom is -0.455 e. The van der Waals surface area contributed by atoms with Crippen LogP contribution >= 0.6 is 0 Å². The molecule has 0 unspecified atom stereocenters. The maximum atomic E-state index is 8.82. The van der Waals surface area contributed by atoms with Gasteiger partial charge < -0.3 is 8.83 Å². The molecule has 0 atom stereocenters. The quantitative estimate of drug-likeness (QED) is 0.176. The van der Waals surface area contributed by atoms with Crippen LogP contribution in [0.5, 0.6) is 0 Å². The SMILES string of the molecule is [2H]c1nc2ccc3c(c2o1)-c1ccc(-c2cccc4c2oc2c(-c5cccc(-c6nc(-c7ccccc7)nc(-c7ccccc7)n6)c5)cccc24)cc1C3(C([2H])([2H])[2H])C([2H])([2H])[2H]. The maximum absolute atomic E-state index is 8.82. The highest BCUT2D eigenvalue weighted by Gasteiger charge is 2.38. The van der Waals surface area contributed by atoms with Crippen LogP contribution in [0.4, 0.5) is 0 Å². The van der Waals surface area contributed by atoms with Gasteiger partial charge in [0.15, 0.2) is 29.4 Å². The number of benzene rings is 7. The van der Waals surface area contributed by atoms with Crippen LogP contribution in [0.15, 0.2) is 167 Å². The van der Waals surface area contributed by atoms with Crippen molar-refractivity contribution in [1.82, 2.24) is 19.9 Å². The van der Waals surface area contributed by atoms with E-state index in [0.717, 1.165) is 38.6 Å². The lowest BCUT2D eigenvalue weighted by atomic mass is 9.81. The number of oxazole rings is 1. The molecule has 3 aromatic heterocycles. The summed E-state index contributed by atoms with van der Waals surface area (Å²) >= 11 is 0. The van der Waals surface area contributed by atoms with Crippen molar-refractivity contribution in [2.75, 3.05) is 0 Å². The number of aromatic nitrogens is 4. The van der Waals surface area contributed by atoms with Crippen molar-refractivity contribution >= 4 is 33.0 Å². The minimum absolute atomic E-state index is 0.0897. The van der Waals surface area contributed by atoms with E-state index in [1.165, 1.54) is 12.1 Å². The molecule has 1 aliphatic rings. The van der Waals surface area contributed by atoms with Gasteiger partial charge in [-0.2, -0.15) is 0 Å². The molecule has 0 radical (unpaired) electrons. The van der Waals surface area contributed by atoms with Crippen molar-refractivity contribution in [3.63, 3.8) is 0 Å². The molecule has 0 aliphatic heterocycles. The first-order valence-electron chi connectivity index (χ1n) is 21.4. The molecule has 55 heavy (non-hydrogen) atoms. The van der Waals surface area contributed by atoms with Crippen molar-refractivity contribution in [1.29, 1.82) is 0 Å². The van der Waals surface area contributed by atoms with Gasteiger partial charge in [-0.3, -0.25) is 0 Å². The number of rotatable bonds is 5. The van der Waals surface area contributed by atoms with Crippen molar-refractivity contribution in [2.45, 2.75) is 19.1 Å². The van der Waals surface area contributed by atoms with Crippen LogP contribution < -0.4 is 0 Å². The molecule has 1 aliphatic carbocycles. The number of para-hydroxylation sites is 2. The van der Waals surface area contributed by atoms with Crippen LogP contribution in [0, 0.1) is 0 Å². The molecule has 0 N–H and O–H groups in total. The van der Waals surface area contributed by atoms with Crippen LogP contribution in [0.1, 0.15) is 34.4 Å². The van der Waals surface area contributed by atoms with E-state index >= 15 is 0 Å². The van der Waals surface area contributed by atoms with E-state index in [2.05, 4.69) is 4.98 Å². The lowest BCUT2D eigenvalue weighted by Gasteiger charge is -2.22. The van der Waals surface area contributed by atoms with E-state index < -0.39 is 19.1 Å². The summed E-state index contributed by atoms with van der Waals surface area (Å²) in [6, 6.07) is 47.6. The standard InChI is InChI=1S/C49H32N4O2/c1-49(2)39-24-25-41-45(54-28-50-41)42(39)38-23-22-32(27-40(38)49)35-19-11-21-37-36-20-10-18-34(43(36)55-44(35)37)31-16-9-17-33(26-31)48-52-46(29-12-5-3-6-13-29)51-47(53-48)30-14-7-4-8-15-30/h3-28H,1-2H3/i1D3,2D3,28D. The Hall–Kier alpha value is -7.18. The third kappa shape index (κ3) is 4.88. The molecule has 3 heterocycles. The highest BCUT2D eigenvalue weighted by atomic mass is 16.3. The van der Waals surface area contributed by atoms with Gasteiger partial charge in [-0.15, -0.1) is 0 Å². The number of hydrogen-bond donors (Lipinski definition) is 0. The van der Waals surface area contributed by atoms with Gasteiger partial charge in [0, 0.05) is 57.8 Å². The highest BCUT2D eigenvalue weighted by molar-refractivity contribution is 6.13. The zero-order chi connectivity index (χ0) is 42.5. The van der Waals surface area contributed by atoms with Gasteiger partial charge in [0.25, 0.3) is 0 Å². The van der Waals surface area contributed by atoms with Crippen LogP contribution in [-0.2, 0) is 5.41 Å². The van der Waals surface area contributed by atoms with E-state index in [4.69, 9.17) is 33.4 Å². The van der Waals surface area contributed by atoms with Gasteiger partial charge in [-0.25, -0.2) is 19.9 Å². The van der Waals surface area contributed by atoms with Gasteiger partial charge >= 0.3 is 0 Å². The second kappa shape index (κ2) is 11.9. The third-order valence-corrected chi connectivity index (χ3v) is 10.5. The molecular formula is C49H32N4O2. The van der Waals surface area contributed by atoms with E-state index in [9.17, 15) is 0 Å². The second-order valence-corrected chi connectivity index (χ2v) is 13.7. The first-order chi connectivity index (χ1) is 29.9. The molecule has 0 saturated carbocycles. The molecule has 0 saturated heterocycles. The minimum atomic E-state index is -3.00. The van der Waals surface area contributed by atoms with E-state index in [1.54, 1.807) is 12.1 Å². The average molecular weight is 716 g/mol. The molecule has 11 rings (SSSR count). The Bertz CT molecular complexity index is 3340. The van der Waals surface area contributed by atoms with E-state index in [1.807, 2.05) is 127 Å². The summed E-state index contributed by atoms with van der Waals surface area (Å²) in [5, 5.41) is 1.70. The first-order valence-corrected chi connectivity index (χ1v) is 17.9. The smallest absolute Gasteiger partial charge is 0.182 e. The highest BCUT2D eigenvalue weighted by Crippen LogP contribution is 2.52. The van der Waals surface area contributed by atoms with Gasteiger partial charge in [0.1, 0.15) is 18.1 Å². The van der Waals surface area contributed by atoms with Crippen LogP contribution in [0.2, 0.25) is 0 Å². The van der Waals surface area contributed by atoms with E-state index in [0.29, 0.717) is 56.4 Å². The molecule has 6 nitrogen and oxygen atoms in total. The molecule has 0 spiro atoms. The van der Waals surface area contributed by atoms with Gasteiger partial charge in [-0.05, 0) is 46.0 Å². The van der Waals surface area contributed by atoms with Crippen molar-refractivity contribution in [3.8, 4) is 67.5 Å². The molecule has 10 aromatic rings. The lowest BCUT2D eigenvalue weighted by Crippen LogP contribution is -2.14. The predicted molar refractivity (Wildman–Crippen MR) is 219 cm³/mol. The van der Waals surface area contributed by atoms with Crippen LogP contribution in [-0.4, -0.2) is 19.9 Å². The molecular weight excluding hydrogens is 677 g/mol. The molecule has 6 heteroatoms. The fourth-order valence-electron chi connectivity index (χ4n) is 7.88. The first kappa shape index (κ1) is 24.9. The second-order valence-electron chi connectivity index (χ2n) is 13.7. The van der Waals surface area contributed by atoms with E-state index in [-0.39, 0.29) is 23.1 Å². The largest absolute Gasteiger partial charge is 0.455 e. The summed E-state index contributed by atoms with van der Waals surface area (Å²) in [5.74, 6) is 1.64. The lowest BCUT2D eigenvalue weighted by molar-refractivity contribution is 0.601. The van der Waals surface area contributed by atoms with Gasteiger partial charge in [0.2, 0.25) is 0 Å². The fourth-order valence-corrected chi connectivity index (χ4v) is 7.88. The zero-order valence-corrected chi connectivity index (χ0v) is 29.0. The summed E-state index contributed by atoms with van der Waals surface area (Å²) in [6.07, 6.45) is -0.352. The molecule has 260 valence electrons.